The van der Waals surface area contributed by atoms with E-state index in [2.05, 4.69) is 5.32 Å². The predicted molar refractivity (Wildman–Crippen MR) is 112 cm³/mol. The molecule has 1 saturated heterocycles. The highest BCUT2D eigenvalue weighted by Crippen LogP contribution is 2.24. The lowest BCUT2D eigenvalue weighted by Crippen LogP contribution is -2.40. The lowest BCUT2D eigenvalue weighted by atomic mass is 10.2. The molecule has 0 bridgehead atoms. The van der Waals surface area contributed by atoms with Crippen molar-refractivity contribution in [3.63, 3.8) is 0 Å². The second-order valence-corrected chi connectivity index (χ2v) is 8.67. The monoisotopic (exact) mass is 434 g/mol. The van der Waals surface area contributed by atoms with Gasteiger partial charge >= 0.3 is 0 Å². The van der Waals surface area contributed by atoms with E-state index >= 15 is 0 Å². The van der Waals surface area contributed by atoms with Gasteiger partial charge in [0.1, 0.15) is 19.0 Å². The number of benzene rings is 2. The first-order chi connectivity index (χ1) is 14.5. The van der Waals surface area contributed by atoms with Crippen molar-refractivity contribution < 1.29 is 27.4 Å². The fourth-order valence-corrected chi connectivity index (χ4v) is 4.64. The van der Waals surface area contributed by atoms with E-state index in [9.17, 15) is 13.2 Å². The summed E-state index contributed by atoms with van der Waals surface area (Å²) in [6, 6.07) is 14.2. The van der Waals surface area contributed by atoms with E-state index in [1.807, 2.05) is 30.3 Å². The Morgan fingerprint density at radius 1 is 1.10 bits per heavy atom. The maximum absolute atomic E-state index is 12.9. The molecule has 1 heterocycles. The summed E-state index contributed by atoms with van der Waals surface area (Å²) < 4.78 is 43.3. The Morgan fingerprint density at radius 2 is 1.83 bits per heavy atom. The molecule has 0 aliphatic carbocycles. The molecule has 1 amide bonds. The lowest BCUT2D eigenvalue weighted by Gasteiger charge is -2.26. The number of rotatable bonds is 9. The summed E-state index contributed by atoms with van der Waals surface area (Å²) in [6.07, 6.45) is 0. The van der Waals surface area contributed by atoms with Crippen LogP contribution in [-0.2, 0) is 24.3 Å². The van der Waals surface area contributed by atoms with Crippen LogP contribution in [0.25, 0.3) is 0 Å². The van der Waals surface area contributed by atoms with Gasteiger partial charge in [0.05, 0.1) is 24.7 Å². The predicted octanol–water partition coefficient (Wildman–Crippen LogP) is 2.05. The molecular weight excluding hydrogens is 408 g/mol. The zero-order valence-corrected chi connectivity index (χ0v) is 17.7. The van der Waals surface area contributed by atoms with Gasteiger partial charge in [-0.25, -0.2) is 8.42 Å². The number of para-hydroxylation sites is 1. The molecule has 1 aliphatic heterocycles. The minimum Gasteiger partial charge on any atom is -0.491 e. The molecule has 1 N–H and O–H groups in total. The first-order valence-corrected chi connectivity index (χ1v) is 11.1. The quantitative estimate of drug-likeness (QED) is 0.607. The number of anilines is 1. The second-order valence-electron chi connectivity index (χ2n) is 6.76. The van der Waals surface area contributed by atoms with E-state index in [1.165, 1.54) is 10.4 Å². The van der Waals surface area contributed by atoms with Crippen molar-refractivity contribution in [1.82, 2.24) is 4.31 Å². The third-order valence-corrected chi connectivity index (χ3v) is 6.57. The maximum Gasteiger partial charge on any atom is 0.250 e. The molecule has 2 aromatic rings. The van der Waals surface area contributed by atoms with Crippen LogP contribution in [0.2, 0.25) is 0 Å². The average molecular weight is 435 g/mol. The number of hydrogen-bond donors (Lipinski definition) is 1. The average Bonchev–Trinajstić information content (AvgIpc) is 2.76. The number of carbonyl (C=O) groups excluding carboxylic acids is 1. The first-order valence-electron chi connectivity index (χ1n) is 9.71. The normalized spacial score (nSPS) is 15.0. The Bertz CT molecular complexity index is 943. The van der Waals surface area contributed by atoms with Crippen LogP contribution in [0.4, 0.5) is 5.69 Å². The van der Waals surface area contributed by atoms with Gasteiger partial charge < -0.3 is 19.5 Å². The molecule has 1 aliphatic rings. The highest BCUT2D eigenvalue weighted by Gasteiger charge is 2.28. The van der Waals surface area contributed by atoms with Crippen molar-refractivity contribution in [2.24, 2.45) is 0 Å². The fourth-order valence-electron chi connectivity index (χ4n) is 2.98. The number of aryl methyl sites for hydroxylation is 1. The van der Waals surface area contributed by atoms with Gasteiger partial charge in [-0.1, -0.05) is 24.3 Å². The Kier molecular flexibility index (Phi) is 7.81. The summed E-state index contributed by atoms with van der Waals surface area (Å²) in [5.41, 5.74) is 1.02. The van der Waals surface area contributed by atoms with Gasteiger partial charge in [-0.2, -0.15) is 4.31 Å². The smallest absolute Gasteiger partial charge is 0.250 e. The Labute approximate surface area is 176 Å². The van der Waals surface area contributed by atoms with Crippen molar-refractivity contribution in [3.05, 3.63) is 54.1 Å². The highest BCUT2D eigenvalue weighted by atomic mass is 32.2. The SMILES string of the molecule is Cc1ccc(NC(=O)COCCOc2ccccc2)cc1S(=O)(=O)N1CCOCC1. The number of carbonyl (C=O) groups is 1. The summed E-state index contributed by atoms with van der Waals surface area (Å²) >= 11 is 0. The molecule has 0 aromatic heterocycles. The standard InChI is InChI=1S/C21H26N2O6S/c1-17-7-8-18(15-20(17)30(25,26)23-9-11-27-12-10-23)22-21(24)16-28-13-14-29-19-5-3-2-4-6-19/h2-8,15H,9-14,16H2,1H3,(H,22,24). The molecule has 1 fully saturated rings. The van der Waals surface area contributed by atoms with Crippen molar-refractivity contribution in [3.8, 4) is 5.75 Å². The maximum atomic E-state index is 12.9. The van der Waals surface area contributed by atoms with E-state index < -0.39 is 10.0 Å². The summed E-state index contributed by atoms with van der Waals surface area (Å²) in [5.74, 6) is 0.368. The van der Waals surface area contributed by atoms with E-state index in [-0.39, 0.29) is 24.0 Å². The minimum absolute atomic E-state index is 0.155. The van der Waals surface area contributed by atoms with E-state index in [1.54, 1.807) is 19.1 Å². The molecule has 3 rings (SSSR count). The second kappa shape index (κ2) is 10.5. The topological polar surface area (TPSA) is 94.2 Å². The van der Waals surface area contributed by atoms with Gasteiger partial charge in [0.2, 0.25) is 15.9 Å². The van der Waals surface area contributed by atoms with Crippen molar-refractivity contribution in [2.75, 3.05) is 51.4 Å². The Balaban J connectivity index is 1.51. The van der Waals surface area contributed by atoms with Crippen LogP contribution in [0.1, 0.15) is 5.56 Å². The zero-order chi connectivity index (χ0) is 21.4. The molecule has 162 valence electrons. The van der Waals surface area contributed by atoms with Crippen molar-refractivity contribution in [2.45, 2.75) is 11.8 Å². The Morgan fingerprint density at radius 3 is 2.57 bits per heavy atom. The third kappa shape index (κ3) is 6.02. The molecule has 0 spiro atoms. The van der Waals surface area contributed by atoms with Crippen LogP contribution < -0.4 is 10.1 Å². The third-order valence-electron chi connectivity index (χ3n) is 4.53. The van der Waals surface area contributed by atoms with Crippen LogP contribution in [-0.4, -0.2) is 64.8 Å². The zero-order valence-electron chi connectivity index (χ0n) is 16.9. The first kappa shape index (κ1) is 22.2. The van der Waals surface area contributed by atoms with Crippen LogP contribution in [0, 0.1) is 6.92 Å². The van der Waals surface area contributed by atoms with Crippen LogP contribution in [0.15, 0.2) is 53.4 Å². The van der Waals surface area contributed by atoms with Gasteiger partial charge in [0.15, 0.2) is 0 Å². The van der Waals surface area contributed by atoms with E-state index in [0.29, 0.717) is 44.2 Å². The summed E-state index contributed by atoms with van der Waals surface area (Å²) in [4.78, 5) is 12.3. The molecule has 0 radical (unpaired) electrons. The van der Waals surface area contributed by atoms with Crippen LogP contribution >= 0.6 is 0 Å². The van der Waals surface area contributed by atoms with Crippen LogP contribution in [0.3, 0.4) is 0 Å². The van der Waals surface area contributed by atoms with Gasteiger partial charge in [-0.15, -0.1) is 0 Å². The molecule has 9 heteroatoms. The number of nitrogens with one attached hydrogen (secondary N) is 1. The number of hydrogen-bond acceptors (Lipinski definition) is 6. The van der Waals surface area contributed by atoms with Gasteiger partial charge in [0.25, 0.3) is 0 Å². The van der Waals surface area contributed by atoms with Gasteiger partial charge in [-0.05, 0) is 36.8 Å². The highest BCUT2D eigenvalue weighted by molar-refractivity contribution is 7.89. The largest absolute Gasteiger partial charge is 0.491 e. The summed E-state index contributed by atoms with van der Waals surface area (Å²) in [7, 11) is -3.65. The summed E-state index contributed by atoms with van der Waals surface area (Å²) in [5, 5.41) is 2.68. The van der Waals surface area contributed by atoms with Crippen molar-refractivity contribution >= 4 is 21.6 Å². The number of sulfonamides is 1. The molecule has 8 nitrogen and oxygen atoms in total. The minimum atomic E-state index is -3.65. The molecule has 30 heavy (non-hydrogen) atoms. The van der Waals surface area contributed by atoms with Crippen LogP contribution in [0.5, 0.6) is 5.75 Å². The van der Waals surface area contributed by atoms with E-state index in [4.69, 9.17) is 14.2 Å². The van der Waals surface area contributed by atoms with E-state index in [0.717, 1.165) is 5.75 Å². The van der Waals surface area contributed by atoms with Crippen molar-refractivity contribution in [1.29, 1.82) is 0 Å². The number of amides is 1. The van der Waals surface area contributed by atoms with Gasteiger partial charge in [-0.3, -0.25) is 4.79 Å². The lowest BCUT2D eigenvalue weighted by molar-refractivity contribution is -0.120. The number of ether oxygens (including phenoxy) is 3. The molecule has 0 unspecified atom stereocenters. The Hall–Kier alpha value is -2.46. The summed E-state index contributed by atoms with van der Waals surface area (Å²) in [6.45, 7) is 3.54. The molecular formula is C21H26N2O6S. The molecule has 2 aromatic carbocycles. The fraction of sp³-hybridized carbons (Fsp3) is 0.381. The van der Waals surface area contributed by atoms with Gasteiger partial charge in [0, 0.05) is 18.8 Å². The number of nitrogens with zero attached hydrogens (tertiary/aromatic N) is 1. The molecule has 0 saturated carbocycles. The number of morpholine rings is 1. The molecule has 0 atom stereocenters.